The van der Waals surface area contributed by atoms with Gasteiger partial charge < -0.3 is 34.3 Å². The highest BCUT2D eigenvalue weighted by atomic mass is 19.1. The first-order valence-corrected chi connectivity index (χ1v) is 16.4. The minimum atomic E-state index is -0.541. The van der Waals surface area contributed by atoms with E-state index in [9.17, 15) is 14.4 Å². The van der Waals surface area contributed by atoms with Crippen LogP contribution in [-0.2, 0) is 42.6 Å². The van der Waals surface area contributed by atoms with E-state index in [1.165, 1.54) is 29.8 Å². The number of pyridine rings is 1. The van der Waals surface area contributed by atoms with E-state index in [1.807, 2.05) is 12.1 Å². The van der Waals surface area contributed by atoms with Crippen LogP contribution in [0.1, 0.15) is 47.1 Å². The Morgan fingerprint density at radius 1 is 1.04 bits per heavy atom. The number of piperazine rings is 1. The quantitative estimate of drug-likeness (QED) is 0.288. The summed E-state index contributed by atoms with van der Waals surface area (Å²) in [5.41, 5.74) is 5.12. The summed E-state index contributed by atoms with van der Waals surface area (Å²) in [6.07, 6.45) is 6.76. The molecule has 1 aromatic carbocycles. The van der Waals surface area contributed by atoms with Gasteiger partial charge in [0.15, 0.2) is 5.82 Å². The molecule has 7 rings (SSSR count). The summed E-state index contributed by atoms with van der Waals surface area (Å²) in [4.78, 5) is 52.5. The molecule has 0 saturated carbocycles. The fourth-order valence-electron chi connectivity index (χ4n) is 7.06. The molecule has 1 fully saturated rings. The van der Waals surface area contributed by atoms with E-state index in [1.54, 1.807) is 13.2 Å². The lowest BCUT2D eigenvalue weighted by atomic mass is 9.87. The topological polar surface area (TPSA) is 127 Å². The van der Waals surface area contributed by atoms with Crippen LogP contribution in [0.15, 0.2) is 41.5 Å². The highest BCUT2D eigenvalue weighted by Crippen LogP contribution is 2.42. The first kappa shape index (κ1) is 31.6. The van der Waals surface area contributed by atoms with Crippen molar-refractivity contribution in [2.45, 2.75) is 45.8 Å². The number of amides is 1. The fraction of sp³-hybridized carbons (Fsp3) is 0.400. The van der Waals surface area contributed by atoms with Crippen molar-refractivity contribution in [1.29, 1.82) is 0 Å². The third-order valence-corrected chi connectivity index (χ3v) is 9.50. The van der Waals surface area contributed by atoms with Gasteiger partial charge in [-0.05, 0) is 68.1 Å². The Balaban J connectivity index is 1.32. The van der Waals surface area contributed by atoms with E-state index in [0.717, 1.165) is 68.9 Å². The van der Waals surface area contributed by atoms with Crippen LogP contribution in [0.25, 0.3) is 22.4 Å². The molecule has 1 saturated heterocycles. The monoisotopic (exact) mass is 654 g/mol. The number of aromatic nitrogens is 4. The van der Waals surface area contributed by atoms with Gasteiger partial charge >= 0.3 is 5.97 Å². The molecular weight excluding hydrogens is 615 g/mol. The van der Waals surface area contributed by atoms with Gasteiger partial charge in [0, 0.05) is 81.8 Å². The number of hydrogen-bond acceptors (Lipinski definition) is 9. The molecule has 0 unspecified atom stereocenters. The fourth-order valence-corrected chi connectivity index (χ4v) is 7.06. The summed E-state index contributed by atoms with van der Waals surface area (Å²) in [7, 11) is 3.70. The summed E-state index contributed by atoms with van der Waals surface area (Å²) in [5, 5.41) is 6.05. The molecule has 0 radical (unpaired) electrons. The number of hydrogen-bond donors (Lipinski definition) is 2. The maximum absolute atomic E-state index is 15.7. The number of nitrogens with zero attached hydrogens (tertiary/aromatic N) is 6. The summed E-state index contributed by atoms with van der Waals surface area (Å²) in [6.45, 7) is 5.97. The first-order chi connectivity index (χ1) is 23.2. The molecule has 12 nitrogen and oxygen atoms in total. The molecule has 3 aromatic heterocycles. The zero-order valence-corrected chi connectivity index (χ0v) is 27.4. The number of carbonyl (C=O) groups is 2. The Morgan fingerprint density at radius 2 is 1.81 bits per heavy atom. The largest absolute Gasteiger partial charge is 0.461 e. The van der Waals surface area contributed by atoms with Gasteiger partial charge in [-0.1, -0.05) is 0 Å². The SMILES string of the molecule is CC(=O)OCc1c(-c2cn(C)c(=O)c(Nc3ccc(N4CCN(C)CC4)nc3)n2)cc(F)cc1-c1c2c(n3c1C(=O)NCC3)CCCC2. The molecule has 4 aromatic rings. The number of ether oxygens (including phenoxy) is 1. The van der Waals surface area contributed by atoms with Crippen molar-refractivity contribution >= 4 is 29.2 Å². The highest BCUT2D eigenvalue weighted by molar-refractivity contribution is 6.02. The van der Waals surface area contributed by atoms with Gasteiger partial charge in [-0.3, -0.25) is 14.4 Å². The Morgan fingerprint density at radius 3 is 2.56 bits per heavy atom. The zero-order valence-electron chi connectivity index (χ0n) is 27.4. The van der Waals surface area contributed by atoms with Gasteiger partial charge in [0.2, 0.25) is 0 Å². The molecule has 5 heterocycles. The van der Waals surface area contributed by atoms with Crippen molar-refractivity contribution in [3.8, 4) is 22.4 Å². The van der Waals surface area contributed by atoms with Gasteiger partial charge in [0.1, 0.15) is 23.9 Å². The van der Waals surface area contributed by atoms with Crippen LogP contribution in [0.2, 0.25) is 0 Å². The molecule has 1 aliphatic carbocycles. The van der Waals surface area contributed by atoms with Crippen LogP contribution in [0, 0.1) is 5.82 Å². The second-order valence-corrected chi connectivity index (χ2v) is 12.7. The van der Waals surface area contributed by atoms with Gasteiger partial charge in [0.05, 0.1) is 17.6 Å². The predicted molar refractivity (Wildman–Crippen MR) is 180 cm³/mol. The number of benzene rings is 1. The van der Waals surface area contributed by atoms with Crippen LogP contribution in [0.3, 0.4) is 0 Å². The zero-order chi connectivity index (χ0) is 33.5. The second kappa shape index (κ2) is 12.9. The Hall–Kier alpha value is -5.04. The van der Waals surface area contributed by atoms with Crippen molar-refractivity contribution in [2.75, 3.05) is 50.0 Å². The molecular formula is C35H39FN8O4. The van der Waals surface area contributed by atoms with Crippen LogP contribution in [0.4, 0.5) is 21.7 Å². The smallest absolute Gasteiger partial charge is 0.302 e. The van der Waals surface area contributed by atoms with E-state index in [2.05, 4.69) is 42.0 Å². The molecule has 1 amide bonds. The van der Waals surface area contributed by atoms with E-state index < -0.39 is 11.8 Å². The number of halogens is 1. The summed E-state index contributed by atoms with van der Waals surface area (Å²) < 4.78 is 24.7. The van der Waals surface area contributed by atoms with Crippen molar-refractivity contribution < 1.29 is 18.7 Å². The standard InChI is InChI=1S/C35H39FN8O4/c1-21(45)48-20-27-25(16-22(36)17-26(27)31-24-6-4-5-7-29(24)44-11-10-37-34(46)32(31)44)28-19-42(3)35(47)33(40-28)39-23-8-9-30(38-18-23)43-14-12-41(2)13-15-43/h8-9,16-19H,4-7,10-15,20H2,1-3H3,(H,37,46)(H,39,40). The van der Waals surface area contributed by atoms with Crippen molar-refractivity contribution in [1.82, 2.24) is 29.3 Å². The minimum Gasteiger partial charge on any atom is -0.461 e. The normalized spacial score (nSPS) is 16.2. The van der Waals surface area contributed by atoms with E-state index in [0.29, 0.717) is 52.4 Å². The van der Waals surface area contributed by atoms with Gasteiger partial charge in [-0.25, -0.2) is 14.4 Å². The lowest BCUT2D eigenvalue weighted by molar-refractivity contribution is -0.142. The number of esters is 1. The lowest BCUT2D eigenvalue weighted by Gasteiger charge is -2.33. The highest BCUT2D eigenvalue weighted by Gasteiger charge is 2.33. The van der Waals surface area contributed by atoms with Gasteiger partial charge in [0.25, 0.3) is 11.5 Å². The first-order valence-electron chi connectivity index (χ1n) is 16.4. The summed E-state index contributed by atoms with van der Waals surface area (Å²) in [5.74, 6) is -0.367. The molecule has 3 aliphatic rings. The molecule has 2 aliphatic heterocycles. The maximum atomic E-state index is 15.7. The number of fused-ring (bicyclic) bond motifs is 3. The summed E-state index contributed by atoms with van der Waals surface area (Å²) in [6, 6.07) is 6.50. The Kier molecular flexibility index (Phi) is 8.46. The van der Waals surface area contributed by atoms with E-state index >= 15 is 4.39 Å². The third-order valence-electron chi connectivity index (χ3n) is 9.50. The average Bonchev–Trinajstić information content (AvgIpc) is 3.42. The summed E-state index contributed by atoms with van der Waals surface area (Å²) >= 11 is 0. The van der Waals surface area contributed by atoms with Crippen molar-refractivity contribution in [3.63, 3.8) is 0 Å². The number of anilines is 3. The molecule has 48 heavy (non-hydrogen) atoms. The lowest BCUT2D eigenvalue weighted by Crippen LogP contribution is -2.44. The van der Waals surface area contributed by atoms with E-state index in [4.69, 9.17) is 4.74 Å². The van der Waals surface area contributed by atoms with Crippen LogP contribution >= 0.6 is 0 Å². The van der Waals surface area contributed by atoms with Gasteiger partial charge in [-0.15, -0.1) is 0 Å². The van der Waals surface area contributed by atoms with Gasteiger partial charge in [-0.2, -0.15) is 0 Å². The number of rotatable bonds is 7. The number of aryl methyl sites for hydroxylation is 1. The predicted octanol–water partition coefficient (Wildman–Crippen LogP) is 3.63. The molecule has 0 atom stereocenters. The number of likely N-dealkylation sites (N-methyl/N-ethyl adjacent to an activating group) is 1. The molecule has 250 valence electrons. The third kappa shape index (κ3) is 5.94. The van der Waals surface area contributed by atoms with Crippen molar-refractivity contribution in [2.24, 2.45) is 7.05 Å². The van der Waals surface area contributed by atoms with Crippen LogP contribution in [-0.4, -0.2) is 75.7 Å². The Labute approximate surface area is 277 Å². The molecule has 2 N–H and O–H groups in total. The molecule has 13 heteroatoms. The average molecular weight is 655 g/mol. The number of carbonyl (C=O) groups excluding carboxylic acids is 2. The van der Waals surface area contributed by atoms with Crippen molar-refractivity contribution in [3.05, 3.63) is 75.3 Å². The van der Waals surface area contributed by atoms with Crippen LogP contribution < -0.4 is 21.1 Å². The maximum Gasteiger partial charge on any atom is 0.302 e. The minimum absolute atomic E-state index is 0.0337. The Bertz CT molecular complexity index is 1960. The number of nitrogens with one attached hydrogen (secondary N) is 2. The van der Waals surface area contributed by atoms with E-state index in [-0.39, 0.29) is 23.9 Å². The molecule has 0 bridgehead atoms. The van der Waals surface area contributed by atoms with Crippen LogP contribution in [0.5, 0.6) is 0 Å². The second-order valence-electron chi connectivity index (χ2n) is 12.7. The molecule has 0 spiro atoms.